The first-order valence-corrected chi connectivity index (χ1v) is 10.5. The Kier molecular flexibility index (Phi) is 6.84. The summed E-state index contributed by atoms with van der Waals surface area (Å²) in [5.74, 6) is 1.84. The van der Waals surface area contributed by atoms with Crippen molar-refractivity contribution in [1.82, 2.24) is 15.1 Å². The molecule has 0 aromatic carbocycles. The fraction of sp³-hybridized carbons (Fsp3) is 0.900. The van der Waals surface area contributed by atoms with Crippen LogP contribution in [-0.4, -0.2) is 59.9 Å². The predicted molar refractivity (Wildman–Crippen MR) is 104 cm³/mol. The number of hydrogen-bond donors (Lipinski definition) is 1. The van der Waals surface area contributed by atoms with E-state index in [0.717, 1.165) is 64.2 Å². The van der Waals surface area contributed by atoms with Crippen molar-refractivity contribution in [2.45, 2.75) is 76.3 Å². The van der Waals surface area contributed by atoms with Crippen molar-refractivity contribution in [2.24, 2.45) is 11.8 Å². The van der Waals surface area contributed by atoms with Crippen LogP contribution in [0.4, 0.5) is 0 Å². The summed E-state index contributed by atoms with van der Waals surface area (Å²) >= 11 is 0. The minimum absolute atomic E-state index is 0. The van der Waals surface area contributed by atoms with Gasteiger partial charge in [-0.15, -0.1) is 12.4 Å². The van der Waals surface area contributed by atoms with E-state index in [1.54, 1.807) is 0 Å². The maximum Gasteiger partial charge on any atom is 0.239 e. The van der Waals surface area contributed by atoms with Crippen LogP contribution in [0.2, 0.25) is 0 Å². The van der Waals surface area contributed by atoms with E-state index in [9.17, 15) is 9.59 Å². The number of fused-ring (bicyclic) bond motifs is 1. The second-order valence-corrected chi connectivity index (χ2v) is 8.67. The Balaban J connectivity index is 0.00000196. The van der Waals surface area contributed by atoms with Crippen LogP contribution in [-0.2, 0) is 9.59 Å². The van der Waals surface area contributed by atoms with Crippen molar-refractivity contribution < 1.29 is 9.59 Å². The Hall–Kier alpha value is -0.810. The van der Waals surface area contributed by atoms with Crippen LogP contribution in [0.15, 0.2) is 0 Å². The Morgan fingerprint density at radius 1 is 0.846 bits per heavy atom. The molecule has 3 saturated heterocycles. The van der Waals surface area contributed by atoms with E-state index in [2.05, 4.69) is 10.2 Å². The van der Waals surface area contributed by atoms with Crippen LogP contribution in [0.1, 0.15) is 64.2 Å². The summed E-state index contributed by atoms with van der Waals surface area (Å²) in [6, 6.07) is 0.634. The van der Waals surface area contributed by atoms with Gasteiger partial charge in [-0.1, -0.05) is 12.8 Å². The summed E-state index contributed by atoms with van der Waals surface area (Å²) in [6.07, 6.45) is 11.2. The molecule has 26 heavy (non-hydrogen) atoms. The number of carbonyl (C=O) groups is 2. The SMILES string of the molecule is Cl.O=C(CC1CCN(C(=O)C2CC3CCCCC3N2)CC1)N1CCCC1. The molecule has 0 aromatic heterocycles. The van der Waals surface area contributed by atoms with E-state index in [-0.39, 0.29) is 18.4 Å². The van der Waals surface area contributed by atoms with Crippen molar-refractivity contribution in [3.8, 4) is 0 Å². The highest BCUT2D eigenvalue weighted by Crippen LogP contribution is 2.34. The molecule has 0 spiro atoms. The zero-order valence-electron chi connectivity index (χ0n) is 15.8. The molecule has 1 saturated carbocycles. The maximum absolute atomic E-state index is 12.9. The van der Waals surface area contributed by atoms with Gasteiger partial charge in [0.05, 0.1) is 6.04 Å². The summed E-state index contributed by atoms with van der Waals surface area (Å²) < 4.78 is 0. The first-order valence-electron chi connectivity index (χ1n) is 10.5. The quantitative estimate of drug-likeness (QED) is 0.814. The van der Waals surface area contributed by atoms with E-state index < -0.39 is 0 Å². The lowest BCUT2D eigenvalue weighted by atomic mass is 9.85. The minimum atomic E-state index is 0. The Morgan fingerprint density at radius 2 is 1.54 bits per heavy atom. The molecule has 3 atom stereocenters. The van der Waals surface area contributed by atoms with Crippen LogP contribution in [0.5, 0.6) is 0 Å². The monoisotopic (exact) mass is 383 g/mol. The van der Waals surface area contributed by atoms with E-state index in [4.69, 9.17) is 0 Å². The lowest BCUT2D eigenvalue weighted by Gasteiger charge is -2.34. The molecule has 3 aliphatic heterocycles. The first kappa shape index (κ1) is 19.9. The third-order valence-corrected chi connectivity index (χ3v) is 7.01. The van der Waals surface area contributed by atoms with Crippen LogP contribution >= 0.6 is 12.4 Å². The van der Waals surface area contributed by atoms with Crippen molar-refractivity contribution >= 4 is 24.2 Å². The van der Waals surface area contributed by atoms with Gasteiger partial charge in [0.1, 0.15) is 0 Å². The highest BCUT2D eigenvalue weighted by molar-refractivity contribution is 5.85. The number of halogens is 1. The van der Waals surface area contributed by atoms with Gasteiger partial charge in [-0.3, -0.25) is 9.59 Å². The van der Waals surface area contributed by atoms with Gasteiger partial charge in [-0.25, -0.2) is 0 Å². The molecular weight excluding hydrogens is 350 g/mol. The van der Waals surface area contributed by atoms with Gasteiger partial charge in [-0.2, -0.15) is 0 Å². The molecule has 148 valence electrons. The Bertz CT molecular complexity index is 487. The Labute approximate surface area is 163 Å². The Morgan fingerprint density at radius 3 is 2.23 bits per heavy atom. The average Bonchev–Trinajstić information content (AvgIpc) is 3.31. The molecular formula is C20H34ClN3O2. The number of likely N-dealkylation sites (tertiary alicyclic amines) is 2. The highest BCUT2D eigenvalue weighted by Gasteiger charge is 2.40. The number of hydrogen-bond acceptors (Lipinski definition) is 3. The standard InChI is InChI=1S/C20H33N3O2.ClH/c24-19(22-9-3-4-10-22)13-15-7-11-23(12-8-15)20(25)18-14-16-5-1-2-6-17(16)21-18;/h15-18,21H,1-14H2;1H. The molecule has 6 heteroatoms. The van der Waals surface area contributed by atoms with Gasteiger partial charge in [-0.05, 0) is 56.8 Å². The van der Waals surface area contributed by atoms with Crippen LogP contribution < -0.4 is 5.32 Å². The smallest absolute Gasteiger partial charge is 0.239 e. The molecule has 0 bridgehead atoms. The van der Waals surface area contributed by atoms with Crippen LogP contribution in [0.25, 0.3) is 0 Å². The zero-order valence-corrected chi connectivity index (χ0v) is 16.6. The topological polar surface area (TPSA) is 52.7 Å². The normalized spacial score (nSPS) is 32.2. The lowest BCUT2D eigenvalue weighted by molar-refractivity contribution is -0.135. The molecule has 1 N–H and O–H groups in total. The minimum Gasteiger partial charge on any atom is -0.343 e. The third kappa shape index (κ3) is 4.36. The largest absolute Gasteiger partial charge is 0.343 e. The fourth-order valence-corrected chi connectivity index (χ4v) is 5.43. The van der Waals surface area contributed by atoms with E-state index in [1.807, 2.05) is 4.90 Å². The summed E-state index contributed by atoms with van der Waals surface area (Å²) in [5, 5.41) is 3.62. The van der Waals surface area contributed by atoms with Crippen molar-refractivity contribution in [1.29, 1.82) is 0 Å². The van der Waals surface area contributed by atoms with Gasteiger partial charge in [0.15, 0.2) is 0 Å². The molecule has 3 heterocycles. The first-order chi connectivity index (χ1) is 12.2. The number of amides is 2. The van der Waals surface area contributed by atoms with Crippen molar-refractivity contribution in [3.63, 3.8) is 0 Å². The van der Waals surface area contributed by atoms with Crippen LogP contribution in [0, 0.1) is 11.8 Å². The van der Waals surface area contributed by atoms with Crippen LogP contribution in [0.3, 0.4) is 0 Å². The van der Waals surface area contributed by atoms with Crippen molar-refractivity contribution in [2.75, 3.05) is 26.2 Å². The number of piperidine rings is 1. The molecule has 4 fully saturated rings. The zero-order chi connectivity index (χ0) is 17.2. The van der Waals surface area contributed by atoms with E-state index in [1.165, 1.54) is 25.7 Å². The lowest BCUT2D eigenvalue weighted by Crippen LogP contribution is -2.48. The molecule has 1 aliphatic carbocycles. The summed E-state index contributed by atoms with van der Waals surface area (Å²) in [5.41, 5.74) is 0. The number of nitrogens with zero attached hydrogens (tertiary/aromatic N) is 2. The predicted octanol–water partition coefficient (Wildman–Crippen LogP) is 2.58. The van der Waals surface area contributed by atoms with Gasteiger partial charge in [0, 0.05) is 38.6 Å². The molecule has 5 nitrogen and oxygen atoms in total. The maximum atomic E-state index is 12.9. The highest BCUT2D eigenvalue weighted by atomic mass is 35.5. The summed E-state index contributed by atoms with van der Waals surface area (Å²) in [4.78, 5) is 29.3. The van der Waals surface area contributed by atoms with Gasteiger partial charge >= 0.3 is 0 Å². The van der Waals surface area contributed by atoms with Gasteiger partial charge < -0.3 is 15.1 Å². The third-order valence-electron chi connectivity index (χ3n) is 7.01. The number of carbonyl (C=O) groups excluding carboxylic acids is 2. The van der Waals surface area contributed by atoms with Crippen molar-refractivity contribution in [3.05, 3.63) is 0 Å². The molecule has 2 amide bonds. The molecule has 0 aromatic rings. The fourth-order valence-electron chi connectivity index (χ4n) is 5.43. The molecule has 4 rings (SSSR count). The van der Waals surface area contributed by atoms with E-state index >= 15 is 0 Å². The summed E-state index contributed by atoms with van der Waals surface area (Å²) in [7, 11) is 0. The molecule has 4 aliphatic rings. The second kappa shape index (κ2) is 8.92. The number of nitrogens with one attached hydrogen (secondary N) is 1. The second-order valence-electron chi connectivity index (χ2n) is 8.67. The van der Waals surface area contributed by atoms with Gasteiger partial charge in [0.2, 0.25) is 11.8 Å². The van der Waals surface area contributed by atoms with E-state index in [0.29, 0.717) is 30.2 Å². The summed E-state index contributed by atoms with van der Waals surface area (Å²) in [6.45, 7) is 3.58. The average molecular weight is 384 g/mol. The molecule has 0 radical (unpaired) electrons. The van der Waals surface area contributed by atoms with Gasteiger partial charge in [0.25, 0.3) is 0 Å². The molecule has 3 unspecified atom stereocenters. The number of rotatable bonds is 3.